The minimum Gasteiger partial charge on any atom is -0.385 e. The van der Waals surface area contributed by atoms with Crippen molar-refractivity contribution in [3.8, 4) is 0 Å². The highest BCUT2D eigenvalue weighted by atomic mass is 16.3. The second-order valence-electron chi connectivity index (χ2n) is 3.96. The first-order valence-electron chi connectivity index (χ1n) is 5.19. The molecular formula is C10H20N2O. The largest absolute Gasteiger partial charge is 0.385 e. The molecule has 0 bridgehead atoms. The van der Waals surface area contributed by atoms with Crippen LogP contribution in [0.1, 0.15) is 39.5 Å². The maximum absolute atomic E-state index is 9.51. The minimum atomic E-state index is -0.563. The van der Waals surface area contributed by atoms with Crippen molar-refractivity contribution >= 4 is 5.84 Å². The summed E-state index contributed by atoms with van der Waals surface area (Å²) in [4.78, 5) is 0. The lowest BCUT2D eigenvalue weighted by Gasteiger charge is -2.15. The third kappa shape index (κ3) is 2.44. The molecule has 1 saturated heterocycles. The molecule has 3 heteroatoms. The summed E-state index contributed by atoms with van der Waals surface area (Å²) in [6, 6.07) is 0.314. The Hall–Kier alpha value is -0.570. The van der Waals surface area contributed by atoms with Gasteiger partial charge in [0.05, 0.1) is 0 Å². The van der Waals surface area contributed by atoms with Crippen LogP contribution in [-0.4, -0.2) is 23.1 Å². The predicted octanol–water partition coefficient (Wildman–Crippen LogP) is 1.51. The number of amidine groups is 1. The zero-order valence-corrected chi connectivity index (χ0v) is 8.51. The summed E-state index contributed by atoms with van der Waals surface area (Å²) >= 11 is 0. The van der Waals surface area contributed by atoms with Crippen LogP contribution in [0.15, 0.2) is 0 Å². The minimum absolute atomic E-state index is 0.198. The molecule has 1 aliphatic heterocycles. The fraction of sp³-hybridized carbons (Fsp3) is 0.900. The van der Waals surface area contributed by atoms with Crippen molar-refractivity contribution in [2.45, 2.75) is 51.7 Å². The van der Waals surface area contributed by atoms with E-state index < -0.39 is 6.10 Å². The summed E-state index contributed by atoms with van der Waals surface area (Å²) in [5.41, 5.74) is 0. The van der Waals surface area contributed by atoms with E-state index in [0.29, 0.717) is 11.9 Å². The van der Waals surface area contributed by atoms with Crippen LogP contribution in [0.4, 0.5) is 0 Å². The van der Waals surface area contributed by atoms with Crippen LogP contribution < -0.4 is 5.32 Å². The van der Waals surface area contributed by atoms with E-state index in [4.69, 9.17) is 5.41 Å². The highest BCUT2D eigenvalue weighted by molar-refractivity contribution is 5.86. The van der Waals surface area contributed by atoms with Crippen molar-refractivity contribution in [3.05, 3.63) is 0 Å². The van der Waals surface area contributed by atoms with Crippen molar-refractivity contribution in [1.82, 2.24) is 5.32 Å². The van der Waals surface area contributed by atoms with Crippen molar-refractivity contribution in [2.24, 2.45) is 5.92 Å². The molecule has 13 heavy (non-hydrogen) atoms. The van der Waals surface area contributed by atoms with Crippen LogP contribution in [0.25, 0.3) is 0 Å². The molecule has 0 saturated carbocycles. The van der Waals surface area contributed by atoms with Crippen molar-refractivity contribution in [3.63, 3.8) is 0 Å². The fourth-order valence-electron chi connectivity index (χ4n) is 1.85. The van der Waals surface area contributed by atoms with Gasteiger partial charge in [0.2, 0.25) is 0 Å². The van der Waals surface area contributed by atoms with E-state index in [2.05, 4.69) is 12.2 Å². The lowest BCUT2D eigenvalue weighted by molar-refractivity contribution is 0.179. The van der Waals surface area contributed by atoms with Gasteiger partial charge in [0.25, 0.3) is 0 Å². The summed E-state index contributed by atoms with van der Waals surface area (Å²) in [5, 5.41) is 20.0. The number of hydrogen-bond acceptors (Lipinski definition) is 2. The van der Waals surface area contributed by atoms with E-state index in [1.54, 1.807) is 0 Å². The molecule has 0 aromatic carbocycles. The Balaban J connectivity index is 2.31. The van der Waals surface area contributed by atoms with Crippen molar-refractivity contribution in [2.75, 3.05) is 0 Å². The van der Waals surface area contributed by atoms with Crippen LogP contribution in [0, 0.1) is 11.3 Å². The van der Waals surface area contributed by atoms with E-state index in [9.17, 15) is 5.11 Å². The molecule has 1 aliphatic rings. The molecule has 1 rings (SSSR count). The average Bonchev–Trinajstić information content (AvgIpc) is 2.34. The quantitative estimate of drug-likeness (QED) is 0.580. The van der Waals surface area contributed by atoms with Crippen LogP contribution in [0.5, 0.6) is 0 Å². The first-order chi connectivity index (χ1) is 6.16. The molecule has 1 heterocycles. The number of aliphatic hydroxyl groups is 1. The van der Waals surface area contributed by atoms with E-state index in [1.165, 1.54) is 19.3 Å². The number of hydrogen-bond donors (Lipinski definition) is 3. The molecule has 76 valence electrons. The summed E-state index contributed by atoms with van der Waals surface area (Å²) in [7, 11) is 0. The van der Waals surface area contributed by atoms with E-state index >= 15 is 0 Å². The average molecular weight is 184 g/mol. The summed E-state index contributed by atoms with van der Waals surface area (Å²) in [6.07, 6.45) is 4.18. The van der Waals surface area contributed by atoms with Gasteiger partial charge in [-0.3, -0.25) is 5.41 Å². The van der Waals surface area contributed by atoms with Crippen molar-refractivity contribution in [1.29, 1.82) is 5.41 Å². The van der Waals surface area contributed by atoms with Crippen LogP contribution >= 0.6 is 0 Å². The van der Waals surface area contributed by atoms with E-state index in [-0.39, 0.29) is 5.92 Å². The van der Waals surface area contributed by atoms with Crippen LogP contribution in [-0.2, 0) is 0 Å². The second kappa shape index (κ2) is 4.61. The van der Waals surface area contributed by atoms with Gasteiger partial charge in [0.15, 0.2) is 0 Å². The molecular weight excluding hydrogens is 164 g/mol. The number of rotatable bonds is 4. The molecule has 0 aliphatic carbocycles. The van der Waals surface area contributed by atoms with Gasteiger partial charge in [0, 0.05) is 12.0 Å². The zero-order valence-electron chi connectivity index (χ0n) is 8.51. The lowest BCUT2D eigenvalue weighted by atomic mass is 9.96. The molecule has 3 unspecified atom stereocenters. The third-order valence-electron chi connectivity index (χ3n) is 2.89. The highest BCUT2D eigenvalue weighted by Gasteiger charge is 2.34. The Morgan fingerprint density at radius 3 is 2.62 bits per heavy atom. The van der Waals surface area contributed by atoms with Crippen LogP contribution in [0.3, 0.4) is 0 Å². The Kier molecular flexibility index (Phi) is 3.72. The molecule has 0 aromatic rings. The number of unbranched alkanes of at least 4 members (excludes halogenated alkanes) is 2. The smallest absolute Gasteiger partial charge is 0.123 e. The molecule has 0 amide bonds. The fourth-order valence-corrected chi connectivity index (χ4v) is 1.85. The van der Waals surface area contributed by atoms with Crippen LogP contribution in [0.2, 0.25) is 0 Å². The Morgan fingerprint density at radius 2 is 2.15 bits per heavy atom. The second-order valence-corrected chi connectivity index (χ2v) is 3.96. The first kappa shape index (κ1) is 10.5. The van der Waals surface area contributed by atoms with Crippen molar-refractivity contribution < 1.29 is 5.11 Å². The number of nitrogens with one attached hydrogen (secondary N) is 2. The molecule has 3 nitrogen and oxygen atoms in total. The Morgan fingerprint density at radius 1 is 1.46 bits per heavy atom. The van der Waals surface area contributed by atoms with Gasteiger partial charge in [0.1, 0.15) is 11.9 Å². The van der Waals surface area contributed by atoms with Gasteiger partial charge in [-0.1, -0.05) is 33.1 Å². The van der Waals surface area contributed by atoms with Gasteiger partial charge in [-0.25, -0.2) is 0 Å². The molecule has 3 N–H and O–H groups in total. The topological polar surface area (TPSA) is 56.1 Å². The van der Waals surface area contributed by atoms with Gasteiger partial charge in [-0.15, -0.1) is 0 Å². The summed E-state index contributed by atoms with van der Waals surface area (Å²) in [6.45, 7) is 4.19. The molecule has 0 aromatic heterocycles. The van der Waals surface area contributed by atoms with Gasteiger partial charge in [-0.05, 0) is 6.42 Å². The Bertz CT molecular complexity index is 182. The van der Waals surface area contributed by atoms with Gasteiger partial charge < -0.3 is 10.4 Å². The van der Waals surface area contributed by atoms with E-state index in [1.807, 2.05) is 6.92 Å². The summed E-state index contributed by atoms with van der Waals surface area (Å²) < 4.78 is 0. The van der Waals surface area contributed by atoms with Gasteiger partial charge in [-0.2, -0.15) is 0 Å². The maximum atomic E-state index is 9.51. The predicted molar refractivity (Wildman–Crippen MR) is 54.0 cm³/mol. The van der Waals surface area contributed by atoms with E-state index in [0.717, 1.165) is 6.42 Å². The third-order valence-corrected chi connectivity index (χ3v) is 2.89. The highest BCUT2D eigenvalue weighted by Crippen LogP contribution is 2.21. The molecule has 1 fully saturated rings. The zero-order chi connectivity index (χ0) is 9.84. The normalized spacial score (nSPS) is 33.5. The number of aliphatic hydroxyl groups excluding tert-OH is 1. The monoisotopic (exact) mass is 184 g/mol. The van der Waals surface area contributed by atoms with Gasteiger partial charge >= 0.3 is 0 Å². The SMILES string of the molecule is CCCCCC1NC(=N)C(O)C1C. The lowest BCUT2D eigenvalue weighted by Crippen LogP contribution is -2.27. The molecule has 0 spiro atoms. The first-order valence-corrected chi connectivity index (χ1v) is 5.19. The summed E-state index contributed by atoms with van der Waals surface area (Å²) in [5.74, 6) is 0.498. The standard InChI is InChI=1S/C10H20N2O/c1-3-4-5-6-8-7(2)9(13)10(11)12-8/h7-9,13H,3-6H2,1-2H3,(H2,11,12). The maximum Gasteiger partial charge on any atom is 0.123 e. The Labute approximate surface area is 80.0 Å². The molecule has 3 atom stereocenters. The molecule has 0 radical (unpaired) electrons.